The van der Waals surface area contributed by atoms with Crippen molar-refractivity contribution in [1.29, 1.82) is 5.26 Å². The lowest BCUT2D eigenvalue weighted by Gasteiger charge is -2.22. The molecule has 4 nitrogen and oxygen atoms in total. The van der Waals surface area contributed by atoms with E-state index in [4.69, 9.17) is 11.0 Å². The van der Waals surface area contributed by atoms with Crippen LogP contribution in [0.15, 0.2) is 24.3 Å². The number of amides is 1. The zero-order chi connectivity index (χ0) is 13.7. The third-order valence-corrected chi connectivity index (χ3v) is 2.76. The van der Waals surface area contributed by atoms with E-state index in [1.54, 1.807) is 31.3 Å². The van der Waals surface area contributed by atoms with Crippen LogP contribution in [-0.2, 0) is 4.79 Å². The fourth-order valence-electron chi connectivity index (χ4n) is 1.74. The van der Waals surface area contributed by atoms with Gasteiger partial charge in [0.25, 0.3) is 0 Å². The van der Waals surface area contributed by atoms with Gasteiger partial charge < -0.3 is 10.6 Å². The zero-order valence-electron chi connectivity index (χ0n) is 11.1. The summed E-state index contributed by atoms with van der Waals surface area (Å²) < 4.78 is 0. The summed E-state index contributed by atoms with van der Waals surface area (Å²) in [5.41, 5.74) is 7.19. The SMILES string of the molecule is CC(C)C[C@@H](N)C(=O)N(C)c1ccc(C#N)cc1. The Morgan fingerprint density at radius 2 is 1.94 bits per heavy atom. The zero-order valence-corrected chi connectivity index (χ0v) is 11.1. The lowest BCUT2D eigenvalue weighted by Crippen LogP contribution is -2.42. The van der Waals surface area contributed by atoms with Crippen molar-refractivity contribution in [1.82, 2.24) is 0 Å². The molecule has 0 saturated carbocycles. The normalized spacial score (nSPS) is 12.0. The maximum absolute atomic E-state index is 12.1. The predicted molar refractivity (Wildman–Crippen MR) is 72.0 cm³/mol. The molecule has 1 aromatic carbocycles. The lowest BCUT2D eigenvalue weighted by molar-refractivity contribution is -0.119. The highest BCUT2D eigenvalue weighted by molar-refractivity contribution is 5.96. The highest BCUT2D eigenvalue weighted by Gasteiger charge is 2.19. The van der Waals surface area contributed by atoms with Gasteiger partial charge in [0.2, 0.25) is 5.91 Å². The third kappa shape index (κ3) is 3.57. The molecule has 1 amide bonds. The van der Waals surface area contributed by atoms with Gasteiger partial charge in [0, 0.05) is 12.7 Å². The van der Waals surface area contributed by atoms with Crippen LogP contribution in [0.1, 0.15) is 25.8 Å². The number of nitrogens with two attached hydrogens (primary N) is 1. The van der Waals surface area contributed by atoms with Crippen molar-refractivity contribution in [2.24, 2.45) is 11.7 Å². The highest BCUT2D eigenvalue weighted by Crippen LogP contribution is 2.15. The average molecular weight is 245 g/mol. The van der Waals surface area contributed by atoms with Crippen molar-refractivity contribution in [3.63, 3.8) is 0 Å². The van der Waals surface area contributed by atoms with Crippen molar-refractivity contribution in [2.45, 2.75) is 26.3 Å². The molecule has 0 saturated heterocycles. The summed E-state index contributed by atoms with van der Waals surface area (Å²) in [7, 11) is 1.70. The van der Waals surface area contributed by atoms with E-state index in [0.29, 0.717) is 17.9 Å². The Morgan fingerprint density at radius 3 is 2.39 bits per heavy atom. The Balaban J connectivity index is 2.76. The number of carbonyl (C=O) groups is 1. The van der Waals surface area contributed by atoms with Gasteiger partial charge in [0.1, 0.15) is 0 Å². The van der Waals surface area contributed by atoms with E-state index in [1.807, 2.05) is 19.9 Å². The van der Waals surface area contributed by atoms with Crippen molar-refractivity contribution >= 4 is 11.6 Å². The van der Waals surface area contributed by atoms with E-state index in [2.05, 4.69) is 0 Å². The first-order valence-electron chi connectivity index (χ1n) is 5.99. The minimum absolute atomic E-state index is 0.103. The minimum Gasteiger partial charge on any atom is -0.320 e. The van der Waals surface area contributed by atoms with E-state index < -0.39 is 6.04 Å². The van der Waals surface area contributed by atoms with E-state index >= 15 is 0 Å². The largest absolute Gasteiger partial charge is 0.320 e. The molecular weight excluding hydrogens is 226 g/mol. The molecule has 4 heteroatoms. The first-order chi connectivity index (χ1) is 8.45. The van der Waals surface area contributed by atoms with Gasteiger partial charge in [-0.25, -0.2) is 0 Å². The Bertz CT molecular complexity index is 445. The lowest BCUT2D eigenvalue weighted by atomic mass is 10.0. The summed E-state index contributed by atoms with van der Waals surface area (Å²) in [5.74, 6) is 0.284. The van der Waals surface area contributed by atoms with Crippen LogP contribution in [-0.4, -0.2) is 19.0 Å². The van der Waals surface area contributed by atoms with E-state index in [9.17, 15) is 4.79 Å². The van der Waals surface area contributed by atoms with Crippen LogP contribution in [0.5, 0.6) is 0 Å². The quantitative estimate of drug-likeness (QED) is 0.880. The molecule has 1 rings (SSSR count). The standard InChI is InChI=1S/C14H19N3O/c1-10(2)8-13(16)14(18)17(3)12-6-4-11(9-15)5-7-12/h4-7,10,13H,8,16H2,1-3H3/t13-/m1/s1. The van der Waals surface area contributed by atoms with Crippen molar-refractivity contribution in [2.75, 3.05) is 11.9 Å². The van der Waals surface area contributed by atoms with Crippen LogP contribution in [0, 0.1) is 17.2 Å². The van der Waals surface area contributed by atoms with Crippen molar-refractivity contribution in [3.8, 4) is 6.07 Å². The van der Waals surface area contributed by atoms with Gasteiger partial charge in [-0.05, 0) is 36.6 Å². The van der Waals surface area contributed by atoms with Gasteiger partial charge >= 0.3 is 0 Å². The van der Waals surface area contributed by atoms with E-state index in [-0.39, 0.29) is 5.91 Å². The number of hydrogen-bond acceptors (Lipinski definition) is 3. The number of rotatable bonds is 4. The fraction of sp³-hybridized carbons (Fsp3) is 0.429. The summed E-state index contributed by atoms with van der Waals surface area (Å²) in [6.45, 7) is 4.07. The fourth-order valence-corrected chi connectivity index (χ4v) is 1.74. The van der Waals surface area contributed by atoms with Crippen LogP contribution in [0.4, 0.5) is 5.69 Å². The number of carbonyl (C=O) groups excluding carboxylic acids is 1. The molecule has 96 valence electrons. The van der Waals surface area contributed by atoms with Gasteiger partial charge in [-0.15, -0.1) is 0 Å². The molecule has 0 fully saturated rings. The Hall–Kier alpha value is -1.86. The smallest absolute Gasteiger partial charge is 0.243 e. The third-order valence-electron chi connectivity index (χ3n) is 2.76. The maximum Gasteiger partial charge on any atom is 0.243 e. The molecule has 1 atom stereocenters. The predicted octanol–water partition coefficient (Wildman–Crippen LogP) is 1.89. The van der Waals surface area contributed by atoms with Crippen LogP contribution < -0.4 is 10.6 Å². The van der Waals surface area contributed by atoms with Crippen LogP contribution in [0.2, 0.25) is 0 Å². The van der Waals surface area contributed by atoms with Crippen molar-refractivity contribution in [3.05, 3.63) is 29.8 Å². The van der Waals surface area contributed by atoms with Gasteiger partial charge in [0.05, 0.1) is 17.7 Å². The van der Waals surface area contributed by atoms with E-state index in [0.717, 1.165) is 5.69 Å². The maximum atomic E-state index is 12.1. The van der Waals surface area contributed by atoms with Crippen LogP contribution in [0.25, 0.3) is 0 Å². The molecule has 0 radical (unpaired) electrons. The molecule has 0 aliphatic carbocycles. The average Bonchev–Trinajstić information content (AvgIpc) is 2.36. The summed E-state index contributed by atoms with van der Waals surface area (Å²) in [4.78, 5) is 13.6. The molecule has 0 aliphatic rings. The number of anilines is 1. The molecular formula is C14H19N3O. The Labute approximate surface area is 108 Å². The second kappa shape index (κ2) is 6.18. The Kier molecular flexibility index (Phi) is 4.87. The molecule has 0 heterocycles. The first-order valence-corrected chi connectivity index (χ1v) is 5.99. The molecule has 0 bridgehead atoms. The van der Waals surface area contributed by atoms with Gasteiger partial charge in [-0.2, -0.15) is 5.26 Å². The number of nitriles is 1. The Morgan fingerprint density at radius 1 is 1.39 bits per heavy atom. The van der Waals surface area contributed by atoms with Crippen molar-refractivity contribution < 1.29 is 4.79 Å². The summed E-state index contributed by atoms with van der Waals surface area (Å²) >= 11 is 0. The number of nitrogens with zero attached hydrogens (tertiary/aromatic N) is 2. The summed E-state index contributed by atoms with van der Waals surface area (Å²) in [5, 5.41) is 8.71. The van der Waals surface area contributed by atoms with Gasteiger partial charge in [-0.3, -0.25) is 4.79 Å². The molecule has 0 aliphatic heterocycles. The molecule has 18 heavy (non-hydrogen) atoms. The number of hydrogen-bond donors (Lipinski definition) is 1. The second-order valence-electron chi connectivity index (χ2n) is 4.79. The monoisotopic (exact) mass is 245 g/mol. The van der Waals surface area contributed by atoms with Crippen LogP contribution in [0.3, 0.4) is 0 Å². The molecule has 0 unspecified atom stereocenters. The summed E-state index contributed by atoms with van der Waals surface area (Å²) in [6, 6.07) is 8.43. The first kappa shape index (κ1) is 14.2. The molecule has 2 N–H and O–H groups in total. The number of likely N-dealkylation sites (N-methyl/N-ethyl adjacent to an activating group) is 1. The second-order valence-corrected chi connectivity index (χ2v) is 4.79. The van der Waals surface area contributed by atoms with Gasteiger partial charge in [-0.1, -0.05) is 13.8 Å². The van der Waals surface area contributed by atoms with Crippen LogP contribution >= 0.6 is 0 Å². The molecule has 0 aromatic heterocycles. The molecule has 0 spiro atoms. The minimum atomic E-state index is -0.481. The molecule has 1 aromatic rings. The number of benzene rings is 1. The topological polar surface area (TPSA) is 70.1 Å². The van der Waals surface area contributed by atoms with E-state index in [1.165, 1.54) is 4.90 Å². The summed E-state index contributed by atoms with van der Waals surface area (Å²) in [6.07, 6.45) is 0.666. The van der Waals surface area contributed by atoms with Gasteiger partial charge in [0.15, 0.2) is 0 Å². The highest BCUT2D eigenvalue weighted by atomic mass is 16.2.